The van der Waals surface area contributed by atoms with Crippen LogP contribution in [0.25, 0.3) is 0 Å². The summed E-state index contributed by atoms with van der Waals surface area (Å²) in [5.41, 5.74) is 1.00. The second-order valence-electron chi connectivity index (χ2n) is 7.45. The quantitative estimate of drug-likeness (QED) is 0.765. The molecule has 3 rings (SSSR count). The molecule has 1 N–H and O–H groups in total. The zero-order valence-electron chi connectivity index (χ0n) is 16.1. The third kappa shape index (κ3) is 5.72. The van der Waals surface area contributed by atoms with Crippen LogP contribution in [-0.4, -0.2) is 47.9 Å². The Kier molecular flexibility index (Phi) is 6.61. The molecule has 8 heteroatoms. The fourth-order valence-corrected chi connectivity index (χ4v) is 3.28. The van der Waals surface area contributed by atoms with E-state index in [-0.39, 0.29) is 18.5 Å². The highest BCUT2D eigenvalue weighted by Crippen LogP contribution is 2.31. The van der Waals surface area contributed by atoms with Crippen molar-refractivity contribution >= 4 is 0 Å². The van der Waals surface area contributed by atoms with Crippen LogP contribution in [0.2, 0.25) is 0 Å². The summed E-state index contributed by atoms with van der Waals surface area (Å²) in [5.74, 6) is 0.802. The van der Waals surface area contributed by atoms with Gasteiger partial charge in [-0.1, -0.05) is 19.9 Å². The van der Waals surface area contributed by atoms with Crippen molar-refractivity contribution < 1.29 is 22.6 Å². The van der Waals surface area contributed by atoms with Gasteiger partial charge in [-0.2, -0.15) is 18.3 Å². The van der Waals surface area contributed by atoms with Gasteiger partial charge < -0.3 is 9.47 Å². The Bertz CT molecular complexity index is 761. The first kappa shape index (κ1) is 20.7. The van der Waals surface area contributed by atoms with Crippen molar-refractivity contribution in [1.29, 1.82) is 0 Å². The minimum absolute atomic E-state index is 0.0677. The van der Waals surface area contributed by atoms with E-state index in [2.05, 4.69) is 28.9 Å². The zero-order valence-corrected chi connectivity index (χ0v) is 16.1. The van der Waals surface area contributed by atoms with E-state index in [0.29, 0.717) is 18.9 Å². The molecule has 154 valence electrons. The normalized spacial score (nSPS) is 18.6. The van der Waals surface area contributed by atoms with Crippen molar-refractivity contribution in [2.45, 2.75) is 32.5 Å². The van der Waals surface area contributed by atoms with Gasteiger partial charge in [-0.3, -0.25) is 10.00 Å². The number of hydrogen-bond acceptors (Lipinski definition) is 4. The Balaban J connectivity index is 1.51. The second kappa shape index (κ2) is 8.96. The number of morpholine rings is 1. The maximum Gasteiger partial charge on any atom is 0.416 e. The number of nitrogens with one attached hydrogen (secondary N) is 1. The van der Waals surface area contributed by atoms with Crippen LogP contribution in [0.15, 0.2) is 30.3 Å². The predicted octanol–water partition coefficient (Wildman–Crippen LogP) is 4.08. The monoisotopic (exact) mass is 397 g/mol. The maximum absolute atomic E-state index is 12.7. The number of hydrogen-bond donors (Lipinski definition) is 1. The molecule has 0 radical (unpaired) electrons. The van der Waals surface area contributed by atoms with Crippen molar-refractivity contribution in [2.75, 3.05) is 32.8 Å². The Morgan fingerprint density at radius 1 is 1.32 bits per heavy atom. The van der Waals surface area contributed by atoms with Gasteiger partial charge in [0.15, 0.2) is 0 Å². The molecule has 0 unspecified atom stereocenters. The number of benzene rings is 1. The van der Waals surface area contributed by atoms with E-state index >= 15 is 0 Å². The molecule has 1 atom stereocenters. The number of aromatic nitrogens is 2. The molecule has 1 aliphatic rings. The van der Waals surface area contributed by atoms with Crippen LogP contribution in [0.1, 0.15) is 36.9 Å². The molecule has 0 aliphatic carbocycles. The molecule has 1 aromatic carbocycles. The number of H-pyrrole nitrogens is 1. The Labute approximate surface area is 162 Å². The van der Waals surface area contributed by atoms with Crippen LogP contribution in [0.5, 0.6) is 5.75 Å². The zero-order chi connectivity index (χ0) is 20.1. The van der Waals surface area contributed by atoms with Crippen molar-refractivity contribution in [1.82, 2.24) is 15.1 Å². The van der Waals surface area contributed by atoms with Gasteiger partial charge in [0.25, 0.3) is 0 Å². The predicted molar refractivity (Wildman–Crippen MR) is 99.2 cm³/mol. The molecule has 0 saturated carbocycles. The van der Waals surface area contributed by atoms with Gasteiger partial charge in [0, 0.05) is 31.7 Å². The topological polar surface area (TPSA) is 50.4 Å². The Hall–Kier alpha value is -2.06. The molecule has 0 bridgehead atoms. The summed E-state index contributed by atoms with van der Waals surface area (Å²) in [6, 6.07) is 6.85. The van der Waals surface area contributed by atoms with Crippen LogP contribution in [-0.2, 0) is 17.3 Å². The van der Waals surface area contributed by atoms with E-state index in [4.69, 9.17) is 9.47 Å². The highest BCUT2D eigenvalue weighted by molar-refractivity contribution is 5.30. The summed E-state index contributed by atoms with van der Waals surface area (Å²) in [5, 5.41) is 7.32. The van der Waals surface area contributed by atoms with Crippen LogP contribution in [0.3, 0.4) is 0 Å². The Morgan fingerprint density at radius 2 is 2.14 bits per heavy atom. The first-order chi connectivity index (χ1) is 13.3. The lowest BCUT2D eigenvalue weighted by molar-refractivity contribution is -0.137. The van der Waals surface area contributed by atoms with Crippen LogP contribution < -0.4 is 4.74 Å². The first-order valence-electron chi connectivity index (χ1n) is 9.49. The van der Waals surface area contributed by atoms with E-state index in [1.54, 1.807) is 0 Å². The summed E-state index contributed by atoms with van der Waals surface area (Å²) < 4.78 is 49.6. The first-order valence-corrected chi connectivity index (χ1v) is 9.49. The van der Waals surface area contributed by atoms with Crippen molar-refractivity contribution in [3.05, 3.63) is 47.3 Å². The third-order valence-corrected chi connectivity index (χ3v) is 4.56. The van der Waals surface area contributed by atoms with Gasteiger partial charge in [0.05, 0.1) is 24.5 Å². The minimum atomic E-state index is -4.37. The summed E-state index contributed by atoms with van der Waals surface area (Å²) in [7, 11) is 0. The van der Waals surface area contributed by atoms with Crippen molar-refractivity contribution in [2.24, 2.45) is 5.92 Å². The number of ether oxygens (including phenoxy) is 2. The van der Waals surface area contributed by atoms with Gasteiger partial charge in [0.2, 0.25) is 0 Å². The Morgan fingerprint density at radius 3 is 2.89 bits per heavy atom. The number of nitrogens with zero attached hydrogens (tertiary/aromatic N) is 2. The third-order valence-electron chi connectivity index (χ3n) is 4.56. The van der Waals surface area contributed by atoms with Gasteiger partial charge in [0.1, 0.15) is 11.9 Å². The number of alkyl halides is 3. The molecule has 1 aromatic heterocycles. The molecule has 28 heavy (non-hydrogen) atoms. The second-order valence-corrected chi connectivity index (χ2v) is 7.45. The highest BCUT2D eigenvalue weighted by Gasteiger charge is 2.30. The van der Waals surface area contributed by atoms with Crippen molar-refractivity contribution in [3.63, 3.8) is 0 Å². The lowest BCUT2D eigenvalue weighted by Crippen LogP contribution is -2.40. The lowest BCUT2D eigenvalue weighted by atomic mass is 10.1. The van der Waals surface area contributed by atoms with Gasteiger partial charge in [-0.25, -0.2) is 0 Å². The maximum atomic E-state index is 12.7. The summed E-state index contributed by atoms with van der Waals surface area (Å²) in [4.78, 5) is 2.38. The average molecular weight is 397 g/mol. The molecule has 0 spiro atoms. The van der Waals surface area contributed by atoms with Crippen molar-refractivity contribution in [3.8, 4) is 5.75 Å². The summed E-state index contributed by atoms with van der Waals surface area (Å²) in [6.45, 7) is 8.09. The van der Waals surface area contributed by atoms with Crippen LogP contribution >= 0.6 is 0 Å². The SMILES string of the molecule is CC(C)CN1CCO[C@H](c2cc(CCOc3cccc(C(F)(F)F)c3)[nH]n2)C1. The van der Waals surface area contributed by atoms with E-state index in [9.17, 15) is 13.2 Å². The highest BCUT2D eigenvalue weighted by atomic mass is 19.4. The molecule has 1 fully saturated rings. The van der Waals surface area contributed by atoms with E-state index < -0.39 is 11.7 Å². The molecule has 2 heterocycles. The summed E-state index contributed by atoms with van der Waals surface area (Å²) in [6.07, 6.45) is -3.92. The smallest absolute Gasteiger partial charge is 0.416 e. The standard InChI is InChI=1S/C20H26F3N3O2/c1-14(2)12-26-7-9-28-19(13-26)18-11-16(24-25-18)6-8-27-17-5-3-4-15(10-17)20(21,22)23/h3-5,10-11,14,19H,6-9,12-13H2,1-2H3,(H,24,25)/t19-/m0/s1. The molecular weight excluding hydrogens is 371 g/mol. The number of rotatable bonds is 7. The van der Waals surface area contributed by atoms with E-state index in [1.807, 2.05) is 6.07 Å². The fourth-order valence-electron chi connectivity index (χ4n) is 3.28. The molecule has 1 saturated heterocycles. The molecular formula is C20H26F3N3O2. The molecule has 2 aromatic rings. The van der Waals surface area contributed by atoms with E-state index in [1.165, 1.54) is 12.1 Å². The number of halogens is 3. The van der Waals surface area contributed by atoms with Crippen LogP contribution in [0.4, 0.5) is 13.2 Å². The average Bonchev–Trinajstić information content (AvgIpc) is 3.10. The van der Waals surface area contributed by atoms with Gasteiger partial charge in [-0.15, -0.1) is 0 Å². The molecule has 5 nitrogen and oxygen atoms in total. The summed E-state index contributed by atoms with van der Waals surface area (Å²) >= 11 is 0. The molecule has 0 amide bonds. The largest absolute Gasteiger partial charge is 0.493 e. The number of aromatic amines is 1. The molecule has 1 aliphatic heterocycles. The van der Waals surface area contributed by atoms with Crippen LogP contribution in [0, 0.1) is 5.92 Å². The lowest BCUT2D eigenvalue weighted by Gasteiger charge is -2.33. The fraction of sp³-hybridized carbons (Fsp3) is 0.550. The van der Waals surface area contributed by atoms with Gasteiger partial charge in [-0.05, 0) is 30.2 Å². The minimum Gasteiger partial charge on any atom is -0.493 e. The van der Waals surface area contributed by atoms with E-state index in [0.717, 1.165) is 43.2 Å². The van der Waals surface area contributed by atoms with Gasteiger partial charge >= 0.3 is 6.18 Å².